The van der Waals surface area contributed by atoms with Crippen molar-refractivity contribution in [3.05, 3.63) is 12.2 Å². The van der Waals surface area contributed by atoms with E-state index in [0.717, 1.165) is 0 Å². The molecule has 0 radical (unpaired) electrons. The van der Waals surface area contributed by atoms with Gasteiger partial charge in [-0.3, -0.25) is 0 Å². The molecule has 0 aliphatic rings. The van der Waals surface area contributed by atoms with Gasteiger partial charge in [-0.25, -0.2) is 4.79 Å². The molecule has 0 bridgehead atoms. The molecule has 7 heteroatoms. The molecule has 19 heavy (non-hydrogen) atoms. The number of hydrogen-bond donors (Lipinski definition) is 0. The highest BCUT2D eigenvalue weighted by Gasteiger charge is 2.34. The molecule has 0 unspecified atom stereocenters. The quantitative estimate of drug-likeness (QED) is 0.245. The summed E-state index contributed by atoms with van der Waals surface area (Å²) in [6.07, 6.45) is 0.117. The summed E-state index contributed by atoms with van der Waals surface area (Å²) >= 11 is 0. The molecule has 0 fully saturated rings. The minimum atomic E-state index is -2.58. The molecule has 0 spiro atoms. The number of esters is 1. The minimum absolute atomic E-state index is 0.117. The summed E-state index contributed by atoms with van der Waals surface area (Å²) in [5, 5.41) is 0. The van der Waals surface area contributed by atoms with Gasteiger partial charge in [-0.1, -0.05) is 6.58 Å². The van der Waals surface area contributed by atoms with Crippen LogP contribution in [0, 0.1) is 0 Å². The smallest absolute Gasteiger partial charge is 0.374 e. The summed E-state index contributed by atoms with van der Waals surface area (Å²) in [5.74, 6) is -0.440. The normalized spacial score (nSPS) is 11.4. The second kappa shape index (κ2) is 10.1. The van der Waals surface area contributed by atoms with E-state index in [2.05, 4.69) is 6.58 Å². The Bertz CT molecular complexity index is 271. The molecule has 0 rings (SSSR count). The van der Waals surface area contributed by atoms with E-state index < -0.39 is 14.5 Å². The first-order valence-electron chi connectivity index (χ1n) is 6.03. The topological polar surface area (TPSA) is 63.2 Å². The Balaban J connectivity index is 4.29. The highest BCUT2D eigenvalue weighted by Crippen LogP contribution is 2.09. The molecule has 6 nitrogen and oxygen atoms in total. The summed E-state index contributed by atoms with van der Waals surface area (Å²) in [4.78, 5) is 11.4. The van der Waals surface area contributed by atoms with Crippen LogP contribution >= 0.6 is 0 Å². The summed E-state index contributed by atoms with van der Waals surface area (Å²) in [6, 6.07) is 0. The van der Waals surface area contributed by atoms with Gasteiger partial charge in [0, 0.05) is 19.8 Å². The zero-order valence-electron chi connectivity index (χ0n) is 12.2. The molecule has 0 heterocycles. The number of ether oxygens (including phenoxy) is 3. The standard InChI is InChI=1S/C12H24O6Si/c1-11(2)12(13)16-10-19(5,17-8-6-14-3)18-9-7-15-4/h1,6-10H2,2-5H3. The lowest BCUT2D eigenvalue weighted by Crippen LogP contribution is -2.46. The van der Waals surface area contributed by atoms with Crippen LogP contribution in [0.25, 0.3) is 0 Å². The number of rotatable bonds is 11. The van der Waals surface area contributed by atoms with Crippen LogP contribution in [0.5, 0.6) is 0 Å². The Morgan fingerprint density at radius 2 is 1.53 bits per heavy atom. The van der Waals surface area contributed by atoms with Crippen molar-refractivity contribution in [3.63, 3.8) is 0 Å². The van der Waals surface area contributed by atoms with Crippen LogP contribution in [-0.2, 0) is 27.9 Å². The van der Waals surface area contributed by atoms with Gasteiger partial charge in [0.2, 0.25) is 0 Å². The lowest BCUT2D eigenvalue weighted by Gasteiger charge is -2.26. The molecular formula is C12H24O6Si. The number of methoxy groups -OCH3 is 2. The van der Waals surface area contributed by atoms with E-state index in [1.165, 1.54) is 0 Å². The van der Waals surface area contributed by atoms with E-state index in [1.807, 2.05) is 6.55 Å². The molecule has 0 aromatic heterocycles. The van der Waals surface area contributed by atoms with Gasteiger partial charge < -0.3 is 23.1 Å². The predicted molar refractivity (Wildman–Crippen MR) is 73.0 cm³/mol. The van der Waals surface area contributed by atoms with Gasteiger partial charge >= 0.3 is 14.5 Å². The molecule has 0 amide bonds. The van der Waals surface area contributed by atoms with Crippen LogP contribution in [0.2, 0.25) is 6.55 Å². The van der Waals surface area contributed by atoms with Crippen molar-refractivity contribution in [2.45, 2.75) is 13.5 Å². The van der Waals surface area contributed by atoms with Crippen LogP contribution in [0.15, 0.2) is 12.2 Å². The monoisotopic (exact) mass is 292 g/mol. The van der Waals surface area contributed by atoms with Crippen LogP contribution in [0.1, 0.15) is 6.92 Å². The minimum Gasteiger partial charge on any atom is -0.460 e. The fraction of sp³-hybridized carbons (Fsp3) is 0.750. The van der Waals surface area contributed by atoms with Crippen LogP contribution < -0.4 is 0 Å². The van der Waals surface area contributed by atoms with Gasteiger partial charge in [-0.15, -0.1) is 0 Å². The SMILES string of the molecule is C=C(C)C(=O)OC[Si](C)(OCCOC)OCCOC. The summed E-state index contributed by atoms with van der Waals surface area (Å²) in [5.41, 5.74) is 0.352. The summed E-state index contributed by atoms with van der Waals surface area (Å²) in [7, 11) is 0.608. The number of carbonyl (C=O) groups excluding carboxylic acids is 1. The van der Waals surface area contributed by atoms with Crippen molar-refractivity contribution in [2.24, 2.45) is 0 Å². The molecule has 0 atom stereocenters. The molecule has 0 saturated carbocycles. The summed E-state index contributed by atoms with van der Waals surface area (Å²) in [6.45, 7) is 8.68. The second-order valence-corrected chi connectivity index (χ2v) is 7.31. The van der Waals surface area contributed by atoms with E-state index in [0.29, 0.717) is 32.0 Å². The Kier molecular flexibility index (Phi) is 9.71. The maximum Gasteiger partial charge on any atom is 0.374 e. The fourth-order valence-electron chi connectivity index (χ4n) is 1.13. The molecule has 0 saturated heterocycles. The van der Waals surface area contributed by atoms with Crippen molar-refractivity contribution in [1.82, 2.24) is 0 Å². The molecular weight excluding hydrogens is 268 g/mol. The third-order valence-electron chi connectivity index (χ3n) is 2.20. The van der Waals surface area contributed by atoms with Crippen molar-refractivity contribution in [2.75, 3.05) is 46.9 Å². The van der Waals surface area contributed by atoms with Gasteiger partial charge in [-0.2, -0.15) is 0 Å². The van der Waals surface area contributed by atoms with Gasteiger partial charge in [-0.05, 0) is 13.5 Å². The van der Waals surface area contributed by atoms with Gasteiger partial charge in [0.25, 0.3) is 0 Å². The van der Waals surface area contributed by atoms with Crippen LogP contribution in [-0.4, -0.2) is 61.4 Å². The van der Waals surface area contributed by atoms with Crippen LogP contribution in [0.3, 0.4) is 0 Å². The van der Waals surface area contributed by atoms with E-state index in [4.69, 9.17) is 23.1 Å². The van der Waals surface area contributed by atoms with Gasteiger partial charge in [0.15, 0.2) is 0 Å². The summed E-state index contributed by atoms with van der Waals surface area (Å²) < 4.78 is 26.3. The first kappa shape index (κ1) is 18.3. The second-order valence-electron chi connectivity index (χ2n) is 4.17. The number of hydrogen-bond acceptors (Lipinski definition) is 6. The van der Waals surface area contributed by atoms with Crippen molar-refractivity contribution in [3.8, 4) is 0 Å². The Morgan fingerprint density at radius 3 is 1.89 bits per heavy atom. The van der Waals surface area contributed by atoms with E-state index in [9.17, 15) is 4.79 Å². The van der Waals surface area contributed by atoms with Gasteiger partial charge in [0.1, 0.15) is 6.23 Å². The van der Waals surface area contributed by atoms with E-state index in [-0.39, 0.29) is 6.23 Å². The molecule has 0 N–H and O–H groups in total. The zero-order chi connectivity index (χ0) is 14.7. The van der Waals surface area contributed by atoms with Crippen molar-refractivity contribution in [1.29, 1.82) is 0 Å². The zero-order valence-corrected chi connectivity index (χ0v) is 13.2. The Hall–Kier alpha value is -0.733. The molecule has 0 aromatic carbocycles. The first-order chi connectivity index (χ1) is 8.95. The third kappa shape index (κ3) is 8.90. The van der Waals surface area contributed by atoms with E-state index in [1.54, 1.807) is 21.1 Å². The Labute approximate surface area is 115 Å². The lowest BCUT2D eigenvalue weighted by molar-refractivity contribution is -0.138. The maximum absolute atomic E-state index is 11.4. The molecule has 0 aliphatic carbocycles. The van der Waals surface area contributed by atoms with E-state index >= 15 is 0 Å². The largest absolute Gasteiger partial charge is 0.460 e. The Morgan fingerprint density at radius 1 is 1.05 bits per heavy atom. The first-order valence-corrected chi connectivity index (χ1v) is 8.56. The highest BCUT2D eigenvalue weighted by molar-refractivity contribution is 6.66. The van der Waals surface area contributed by atoms with Gasteiger partial charge in [0.05, 0.1) is 26.4 Å². The van der Waals surface area contributed by atoms with Crippen LogP contribution in [0.4, 0.5) is 0 Å². The van der Waals surface area contributed by atoms with Crippen molar-refractivity contribution >= 4 is 14.5 Å². The molecule has 0 aliphatic heterocycles. The highest BCUT2D eigenvalue weighted by atomic mass is 28.4. The average molecular weight is 292 g/mol. The maximum atomic E-state index is 11.4. The number of carbonyl (C=O) groups is 1. The molecule has 0 aromatic rings. The molecule has 112 valence electrons. The average Bonchev–Trinajstić information content (AvgIpc) is 2.36. The third-order valence-corrected chi connectivity index (χ3v) is 4.50. The lowest BCUT2D eigenvalue weighted by atomic mass is 10.4. The van der Waals surface area contributed by atoms with Crippen molar-refractivity contribution < 1.29 is 27.9 Å². The fourth-order valence-corrected chi connectivity index (χ4v) is 2.80. The predicted octanol–water partition coefficient (Wildman–Crippen LogP) is 1.04.